The van der Waals surface area contributed by atoms with Crippen LogP contribution >= 0.6 is 0 Å². The molecule has 1 heteroatoms. The highest BCUT2D eigenvalue weighted by molar-refractivity contribution is 5.97. The highest BCUT2D eigenvalue weighted by atomic mass is 16.1. The zero-order valence-corrected chi connectivity index (χ0v) is 8.39. The minimum Gasteiger partial charge on any atom is -0.285 e. The summed E-state index contributed by atoms with van der Waals surface area (Å²) in [5.74, 6) is 6.69. The van der Waals surface area contributed by atoms with Gasteiger partial charge in [-0.2, -0.15) is 0 Å². The van der Waals surface area contributed by atoms with Crippen LogP contribution in [0.3, 0.4) is 0 Å². The smallest absolute Gasteiger partial charge is 0.208 e. The van der Waals surface area contributed by atoms with Crippen molar-refractivity contribution in [3.63, 3.8) is 0 Å². The number of hydrogen-bond donors (Lipinski definition) is 0. The van der Waals surface area contributed by atoms with Crippen LogP contribution in [0.1, 0.15) is 39.5 Å². The van der Waals surface area contributed by atoms with Crippen LogP contribution in [-0.4, -0.2) is 5.78 Å². The van der Waals surface area contributed by atoms with E-state index in [1.165, 1.54) is 12.8 Å². The Balaban J connectivity index is 1.84. The van der Waals surface area contributed by atoms with E-state index in [0.29, 0.717) is 5.41 Å². The molecule has 2 fully saturated rings. The fraction of sp³-hybridized carbons (Fsp3) is 0.750. The zero-order valence-electron chi connectivity index (χ0n) is 8.39. The van der Waals surface area contributed by atoms with E-state index in [1.807, 2.05) is 0 Å². The molecule has 0 amide bonds. The molecular formula is C12H16O. The minimum absolute atomic E-state index is 0.174. The van der Waals surface area contributed by atoms with Crippen LogP contribution < -0.4 is 0 Å². The summed E-state index contributed by atoms with van der Waals surface area (Å²) in [5, 5.41) is 0. The maximum Gasteiger partial charge on any atom is 0.208 e. The van der Waals surface area contributed by atoms with Crippen LogP contribution in [0.2, 0.25) is 0 Å². The van der Waals surface area contributed by atoms with Crippen molar-refractivity contribution < 1.29 is 4.79 Å². The molecule has 2 rings (SSSR count). The van der Waals surface area contributed by atoms with Crippen LogP contribution in [0, 0.1) is 29.1 Å². The topological polar surface area (TPSA) is 17.1 Å². The first-order valence-corrected chi connectivity index (χ1v) is 5.12. The van der Waals surface area contributed by atoms with Gasteiger partial charge in [-0.15, -0.1) is 0 Å². The van der Waals surface area contributed by atoms with Gasteiger partial charge in [0.15, 0.2) is 0 Å². The van der Waals surface area contributed by atoms with E-state index < -0.39 is 0 Å². The molecule has 0 atom stereocenters. The van der Waals surface area contributed by atoms with E-state index in [4.69, 9.17) is 0 Å². The van der Waals surface area contributed by atoms with Gasteiger partial charge in [0.1, 0.15) is 0 Å². The van der Waals surface area contributed by atoms with Crippen LogP contribution in [0.4, 0.5) is 0 Å². The number of carbonyl (C=O) groups is 1. The molecule has 0 aromatic rings. The second kappa shape index (κ2) is 2.87. The molecule has 1 nitrogen and oxygen atoms in total. The molecular weight excluding hydrogens is 160 g/mol. The molecule has 0 bridgehead atoms. The first-order valence-electron chi connectivity index (χ1n) is 5.12. The third-order valence-electron chi connectivity index (χ3n) is 3.54. The Morgan fingerprint density at radius 3 is 2.38 bits per heavy atom. The monoisotopic (exact) mass is 176 g/mol. The number of ketones is 1. The standard InChI is InChI=1S/C12H16O/c1-3-4-11(13)10-7-12(8-10)5-9(2)6-12/h9-10H,5-8H2,1-2H3. The van der Waals surface area contributed by atoms with Crippen LogP contribution in [0.25, 0.3) is 0 Å². The molecule has 0 unspecified atom stereocenters. The Labute approximate surface area is 79.9 Å². The maximum absolute atomic E-state index is 11.4. The van der Waals surface area contributed by atoms with Gasteiger partial charge in [-0.1, -0.05) is 12.8 Å². The lowest BCUT2D eigenvalue weighted by Crippen LogP contribution is -2.48. The Bertz CT molecular complexity index is 278. The molecule has 2 saturated carbocycles. The summed E-state index contributed by atoms with van der Waals surface area (Å²) in [4.78, 5) is 11.4. The van der Waals surface area contributed by atoms with Crippen LogP contribution in [0.5, 0.6) is 0 Å². The zero-order chi connectivity index (χ0) is 9.47. The number of rotatable bonds is 1. The van der Waals surface area contributed by atoms with E-state index in [-0.39, 0.29) is 11.7 Å². The van der Waals surface area contributed by atoms with E-state index in [9.17, 15) is 4.79 Å². The minimum atomic E-state index is 0.174. The maximum atomic E-state index is 11.4. The van der Waals surface area contributed by atoms with Crippen molar-refractivity contribution in [3.05, 3.63) is 0 Å². The summed E-state index contributed by atoms with van der Waals surface area (Å²) < 4.78 is 0. The van der Waals surface area contributed by atoms with Crippen molar-refractivity contribution in [1.82, 2.24) is 0 Å². The van der Waals surface area contributed by atoms with Gasteiger partial charge < -0.3 is 0 Å². The molecule has 13 heavy (non-hydrogen) atoms. The van der Waals surface area contributed by atoms with Crippen molar-refractivity contribution >= 4 is 5.78 Å². The summed E-state index contributed by atoms with van der Waals surface area (Å²) in [5.41, 5.74) is 0.579. The Morgan fingerprint density at radius 2 is 1.92 bits per heavy atom. The van der Waals surface area contributed by atoms with Crippen molar-refractivity contribution in [2.24, 2.45) is 17.3 Å². The van der Waals surface area contributed by atoms with E-state index in [0.717, 1.165) is 18.8 Å². The highest BCUT2D eigenvalue weighted by Crippen LogP contribution is 2.61. The van der Waals surface area contributed by atoms with Crippen molar-refractivity contribution in [1.29, 1.82) is 0 Å². The van der Waals surface area contributed by atoms with Gasteiger partial charge in [-0.05, 0) is 49.9 Å². The van der Waals surface area contributed by atoms with Crippen LogP contribution in [0.15, 0.2) is 0 Å². The molecule has 0 aliphatic heterocycles. The fourth-order valence-electron chi connectivity index (χ4n) is 3.15. The van der Waals surface area contributed by atoms with Gasteiger partial charge in [0.2, 0.25) is 5.78 Å². The van der Waals surface area contributed by atoms with Crippen LogP contribution in [-0.2, 0) is 4.79 Å². The Kier molecular flexibility index (Phi) is 1.95. The SMILES string of the molecule is CC#CC(=O)C1CC2(CC(C)C2)C1. The van der Waals surface area contributed by atoms with Gasteiger partial charge in [0.25, 0.3) is 0 Å². The average molecular weight is 176 g/mol. The van der Waals surface area contributed by atoms with E-state index in [2.05, 4.69) is 18.8 Å². The molecule has 0 heterocycles. The number of hydrogen-bond acceptors (Lipinski definition) is 1. The predicted molar refractivity (Wildman–Crippen MR) is 52.0 cm³/mol. The summed E-state index contributed by atoms with van der Waals surface area (Å²) in [6.07, 6.45) is 4.92. The lowest BCUT2D eigenvalue weighted by atomic mass is 9.48. The predicted octanol–water partition coefficient (Wildman–Crippen LogP) is 2.41. The first-order chi connectivity index (χ1) is 6.15. The second-order valence-electron chi connectivity index (χ2n) is 4.86. The lowest BCUT2D eigenvalue weighted by Gasteiger charge is -2.56. The van der Waals surface area contributed by atoms with Gasteiger partial charge in [-0.25, -0.2) is 0 Å². The van der Waals surface area contributed by atoms with Crippen molar-refractivity contribution in [2.75, 3.05) is 0 Å². The molecule has 0 aromatic carbocycles. The van der Waals surface area contributed by atoms with Gasteiger partial charge in [0, 0.05) is 5.92 Å². The van der Waals surface area contributed by atoms with E-state index in [1.54, 1.807) is 6.92 Å². The molecule has 2 aliphatic carbocycles. The highest BCUT2D eigenvalue weighted by Gasteiger charge is 2.52. The molecule has 0 saturated heterocycles. The quantitative estimate of drug-likeness (QED) is 0.443. The molecule has 0 radical (unpaired) electrons. The first kappa shape index (κ1) is 8.81. The van der Waals surface area contributed by atoms with Gasteiger partial charge >= 0.3 is 0 Å². The molecule has 0 N–H and O–H groups in total. The largest absolute Gasteiger partial charge is 0.285 e. The molecule has 2 aliphatic rings. The summed E-state index contributed by atoms with van der Waals surface area (Å²) in [7, 11) is 0. The molecule has 0 aromatic heterocycles. The normalized spacial score (nSPS) is 41.4. The van der Waals surface area contributed by atoms with Gasteiger partial charge in [-0.3, -0.25) is 4.79 Å². The van der Waals surface area contributed by atoms with Crippen molar-refractivity contribution in [3.8, 4) is 11.8 Å². The van der Waals surface area contributed by atoms with Crippen molar-refractivity contribution in [2.45, 2.75) is 39.5 Å². The summed E-state index contributed by atoms with van der Waals surface area (Å²) in [6.45, 7) is 4.03. The lowest BCUT2D eigenvalue weighted by molar-refractivity contribution is -0.132. The Morgan fingerprint density at radius 1 is 1.31 bits per heavy atom. The Hall–Kier alpha value is -0.770. The third-order valence-corrected chi connectivity index (χ3v) is 3.54. The summed E-state index contributed by atoms with van der Waals surface area (Å²) in [6, 6.07) is 0. The molecule has 1 spiro atoms. The van der Waals surface area contributed by atoms with Gasteiger partial charge in [0.05, 0.1) is 0 Å². The summed E-state index contributed by atoms with van der Waals surface area (Å²) >= 11 is 0. The fourth-order valence-corrected chi connectivity index (χ4v) is 3.15. The number of carbonyl (C=O) groups excluding carboxylic acids is 1. The third kappa shape index (κ3) is 1.39. The second-order valence-corrected chi connectivity index (χ2v) is 4.86. The number of Topliss-reactive ketones (excluding diaryl/α,β-unsaturated/α-hetero) is 1. The molecule has 70 valence electrons. The average Bonchev–Trinajstić information content (AvgIpc) is 1.94. The van der Waals surface area contributed by atoms with E-state index >= 15 is 0 Å².